The summed E-state index contributed by atoms with van der Waals surface area (Å²) in [4.78, 5) is 12.2. The van der Waals surface area contributed by atoms with Crippen LogP contribution in [-0.4, -0.2) is 25.2 Å². The molecule has 0 radical (unpaired) electrons. The molecule has 2 aromatic carbocycles. The lowest BCUT2D eigenvalue weighted by atomic mass is 9.83. The summed E-state index contributed by atoms with van der Waals surface area (Å²) in [5.41, 5.74) is -0.727. The number of amides is 1. The first-order valence-corrected chi connectivity index (χ1v) is 8.57. The molecule has 5 nitrogen and oxygen atoms in total. The normalized spacial score (nSPS) is 16.0. The summed E-state index contributed by atoms with van der Waals surface area (Å²) >= 11 is 0. The van der Waals surface area contributed by atoms with Crippen LogP contribution < -0.4 is 14.8 Å². The number of carbonyl (C=O) groups is 1. The van der Waals surface area contributed by atoms with Crippen molar-refractivity contribution in [3.8, 4) is 17.6 Å². The van der Waals surface area contributed by atoms with Gasteiger partial charge in [-0.2, -0.15) is 5.26 Å². The Labute approximate surface area is 147 Å². The number of fused-ring (bicyclic) bond motifs is 1. The molecule has 0 unspecified atom stereocenters. The maximum absolute atomic E-state index is 12.2. The van der Waals surface area contributed by atoms with E-state index in [-0.39, 0.29) is 12.5 Å². The monoisotopic (exact) mass is 338 g/mol. The zero-order valence-corrected chi connectivity index (χ0v) is 14.4. The molecule has 1 N–H and O–H groups in total. The van der Waals surface area contributed by atoms with Gasteiger partial charge in [0.25, 0.3) is 5.91 Å². The molecule has 3 rings (SSSR count). The van der Waals surface area contributed by atoms with Gasteiger partial charge in [0.15, 0.2) is 6.61 Å². The van der Waals surface area contributed by atoms with Gasteiger partial charge >= 0.3 is 0 Å². The van der Waals surface area contributed by atoms with Gasteiger partial charge in [0.05, 0.1) is 13.2 Å². The highest BCUT2D eigenvalue weighted by atomic mass is 16.5. The second-order valence-corrected chi connectivity index (χ2v) is 6.47. The fraction of sp³-hybridized carbons (Fsp3) is 0.400. The van der Waals surface area contributed by atoms with E-state index in [1.54, 1.807) is 7.11 Å². The number of hydrogen-bond acceptors (Lipinski definition) is 4. The Bertz CT molecular complexity index is 804. The molecular formula is C20H22N2O3. The molecule has 1 aliphatic carbocycles. The van der Waals surface area contributed by atoms with Crippen LogP contribution in [0.1, 0.15) is 32.1 Å². The van der Waals surface area contributed by atoms with E-state index in [0.717, 1.165) is 35.8 Å². The van der Waals surface area contributed by atoms with Crippen LogP contribution in [0.25, 0.3) is 10.8 Å². The number of benzene rings is 2. The van der Waals surface area contributed by atoms with Crippen molar-refractivity contribution in [3.05, 3.63) is 36.4 Å². The molecule has 0 spiro atoms. The number of nitrogens with zero attached hydrogens (tertiary/aromatic N) is 1. The third kappa shape index (κ3) is 4.03. The van der Waals surface area contributed by atoms with Gasteiger partial charge in [-0.3, -0.25) is 4.79 Å². The molecule has 2 aromatic rings. The number of nitrogens with one attached hydrogen (secondary N) is 1. The summed E-state index contributed by atoms with van der Waals surface area (Å²) in [5.74, 6) is 1.13. The molecule has 0 aliphatic heterocycles. The van der Waals surface area contributed by atoms with E-state index in [1.165, 1.54) is 0 Å². The molecule has 0 aromatic heterocycles. The number of nitriles is 1. The van der Waals surface area contributed by atoms with Crippen LogP contribution in [0, 0.1) is 11.3 Å². The highest BCUT2D eigenvalue weighted by Crippen LogP contribution is 2.28. The summed E-state index contributed by atoms with van der Waals surface area (Å²) in [7, 11) is 1.63. The second-order valence-electron chi connectivity index (χ2n) is 6.47. The maximum Gasteiger partial charge on any atom is 0.259 e. The fourth-order valence-electron chi connectivity index (χ4n) is 3.29. The van der Waals surface area contributed by atoms with Crippen molar-refractivity contribution in [2.24, 2.45) is 0 Å². The molecule has 0 heterocycles. The van der Waals surface area contributed by atoms with Crippen LogP contribution in [0.3, 0.4) is 0 Å². The molecule has 0 atom stereocenters. The molecule has 0 bridgehead atoms. The summed E-state index contributed by atoms with van der Waals surface area (Å²) < 4.78 is 10.9. The quantitative estimate of drug-likeness (QED) is 0.905. The third-order valence-corrected chi connectivity index (χ3v) is 4.69. The van der Waals surface area contributed by atoms with Crippen LogP contribution in [0.5, 0.6) is 11.5 Å². The van der Waals surface area contributed by atoms with Gasteiger partial charge in [-0.25, -0.2) is 0 Å². The van der Waals surface area contributed by atoms with E-state index in [0.29, 0.717) is 18.6 Å². The van der Waals surface area contributed by atoms with Crippen LogP contribution >= 0.6 is 0 Å². The Morgan fingerprint density at radius 3 is 2.48 bits per heavy atom. The minimum Gasteiger partial charge on any atom is -0.497 e. The number of methoxy groups -OCH3 is 1. The van der Waals surface area contributed by atoms with Crippen molar-refractivity contribution >= 4 is 16.7 Å². The van der Waals surface area contributed by atoms with Gasteiger partial charge in [0, 0.05) is 0 Å². The Hall–Kier alpha value is -2.74. The van der Waals surface area contributed by atoms with Crippen LogP contribution in [-0.2, 0) is 4.79 Å². The van der Waals surface area contributed by atoms with Gasteiger partial charge in [0.1, 0.15) is 17.0 Å². The number of ether oxygens (including phenoxy) is 2. The number of hydrogen-bond donors (Lipinski definition) is 1. The van der Waals surface area contributed by atoms with Crippen molar-refractivity contribution in [3.63, 3.8) is 0 Å². The van der Waals surface area contributed by atoms with Gasteiger partial charge in [-0.1, -0.05) is 31.4 Å². The average Bonchev–Trinajstić information content (AvgIpc) is 2.66. The standard InChI is InChI=1S/C20H22N2O3/c1-24-17-7-5-15-6-8-18(12-16(15)11-17)25-13-19(23)22-20(14-21)9-3-2-4-10-20/h5-8,11-12H,2-4,9-10,13H2,1H3,(H,22,23). The lowest BCUT2D eigenvalue weighted by Gasteiger charge is -2.31. The smallest absolute Gasteiger partial charge is 0.259 e. The average molecular weight is 338 g/mol. The van der Waals surface area contributed by atoms with Crippen molar-refractivity contribution in [1.82, 2.24) is 5.32 Å². The fourth-order valence-corrected chi connectivity index (χ4v) is 3.29. The molecule has 25 heavy (non-hydrogen) atoms. The van der Waals surface area contributed by atoms with E-state index < -0.39 is 5.54 Å². The first-order chi connectivity index (χ1) is 12.1. The molecule has 5 heteroatoms. The van der Waals surface area contributed by atoms with E-state index in [9.17, 15) is 10.1 Å². The summed E-state index contributed by atoms with van der Waals surface area (Å²) in [6, 6.07) is 13.7. The topological polar surface area (TPSA) is 71.3 Å². The predicted molar refractivity (Wildman–Crippen MR) is 95.6 cm³/mol. The zero-order valence-electron chi connectivity index (χ0n) is 14.4. The zero-order chi connectivity index (χ0) is 17.7. The Balaban J connectivity index is 1.63. The van der Waals surface area contributed by atoms with Gasteiger partial charge in [-0.05, 0) is 47.9 Å². The van der Waals surface area contributed by atoms with Crippen LogP contribution in [0.4, 0.5) is 0 Å². The van der Waals surface area contributed by atoms with Crippen molar-refractivity contribution in [2.45, 2.75) is 37.6 Å². The molecule has 130 valence electrons. The first kappa shape index (κ1) is 17.1. The van der Waals surface area contributed by atoms with Crippen LogP contribution in [0.15, 0.2) is 36.4 Å². The van der Waals surface area contributed by atoms with Gasteiger partial charge < -0.3 is 14.8 Å². The molecule has 1 amide bonds. The van der Waals surface area contributed by atoms with E-state index in [4.69, 9.17) is 9.47 Å². The Kier molecular flexibility index (Phi) is 5.08. The van der Waals surface area contributed by atoms with Gasteiger partial charge in [0.2, 0.25) is 0 Å². The Morgan fingerprint density at radius 2 is 1.80 bits per heavy atom. The molecule has 1 aliphatic rings. The second kappa shape index (κ2) is 7.43. The first-order valence-electron chi connectivity index (χ1n) is 8.57. The summed E-state index contributed by atoms with van der Waals surface area (Å²) in [5, 5.41) is 14.3. The number of carbonyl (C=O) groups excluding carboxylic acids is 1. The summed E-state index contributed by atoms with van der Waals surface area (Å²) in [6.45, 7) is -0.0983. The minimum absolute atomic E-state index is 0.0983. The van der Waals surface area contributed by atoms with Crippen molar-refractivity contribution < 1.29 is 14.3 Å². The van der Waals surface area contributed by atoms with Crippen LogP contribution in [0.2, 0.25) is 0 Å². The van der Waals surface area contributed by atoms with Crippen molar-refractivity contribution in [1.29, 1.82) is 5.26 Å². The molecule has 1 saturated carbocycles. The molecule has 0 saturated heterocycles. The highest BCUT2D eigenvalue weighted by Gasteiger charge is 2.33. The van der Waals surface area contributed by atoms with E-state index in [2.05, 4.69) is 11.4 Å². The Morgan fingerprint density at radius 1 is 1.12 bits per heavy atom. The SMILES string of the molecule is COc1ccc2ccc(OCC(=O)NC3(C#N)CCCCC3)cc2c1. The van der Waals surface area contributed by atoms with E-state index in [1.807, 2.05) is 36.4 Å². The summed E-state index contributed by atoms with van der Waals surface area (Å²) in [6.07, 6.45) is 4.49. The van der Waals surface area contributed by atoms with Crippen molar-refractivity contribution in [2.75, 3.05) is 13.7 Å². The predicted octanol–water partition coefficient (Wildman–Crippen LogP) is 3.57. The lowest BCUT2D eigenvalue weighted by molar-refractivity contribution is -0.124. The molecule has 1 fully saturated rings. The van der Waals surface area contributed by atoms with Gasteiger partial charge in [-0.15, -0.1) is 0 Å². The molecular weight excluding hydrogens is 316 g/mol. The lowest BCUT2D eigenvalue weighted by Crippen LogP contribution is -2.50. The highest BCUT2D eigenvalue weighted by molar-refractivity contribution is 5.85. The third-order valence-electron chi connectivity index (χ3n) is 4.69. The minimum atomic E-state index is -0.727. The number of rotatable bonds is 5. The maximum atomic E-state index is 12.2. The van der Waals surface area contributed by atoms with E-state index >= 15 is 0 Å². The largest absolute Gasteiger partial charge is 0.497 e.